The Kier molecular flexibility index (Phi) is 2.67. The van der Waals surface area contributed by atoms with Crippen molar-refractivity contribution in [2.24, 2.45) is 5.73 Å². The van der Waals surface area contributed by atoms with Crippen molar-refractivity contribution in [2.75, 3.05) is 0 Å². The largest absolute Gasteiger partial charge is 0.320 e. The Labute approximate surface area is 91.6 Å². The lowest BCUT2D eigenvalue weighted by Crippen LogP contribution is -2.08. The Morgan fingerprint density at radius 1 is 1.36 bits per heavy atom. The number of hydrogen-bond acceptors (Lipinski definition) is 4. The molecule has 0 saturated heterocycles. The van der Waals surface area contributed by atoms with Gasteiger partial charge >= 0.3 is 0 Å². The van der Waals surface area contributed by atoms with Gasteiger partial charge in [-0.05, 0) is 48.5 Å². The lowest BCUT2D eigenvalue weighted by molar-refractivity contribution is 0.898. The number of nitrogens with two attached hydrogens (primary N) is 1. The summed E-state index contributed by atoms with van der Waals surface area (Å²) in [5.41, 5.74) is 8.36. The summed E-state index contributed by atoms with van der Waals surface area (Å²) in [7, 11) is 0. The molecule has 0 fully saturated rings. The molecule has 74 valence electrons. The first-order chi connectivity index (χ1) is 6.66. The van der Waals surface area contributed by atoms with Crippen LogP contribution in [0.2, 0.25) is 0 Å². The summed E-state index contributed by atoms with van der Waals surface area (Å²) in [5.74, 6) is 0. The Bertz CT molecular complexity index is 391. The Morgan fingerprint density at radius 2 is 2.14 bits per heavy atom. The van der Waals surface area contributed by atoms with E-state index in [1.807, 2.05) is 6.92 Å². The standard InChI is InChI=1S/C10H12N2S2/c1-6-3-9(14-12-6)10(11)8-4-7(2)13-5-8/h3-5,10H,11H2,1-2H3. The number of aromatic nitrogens is 1. The number of nitrogens with zero attached hydrogens (tertiary/aromatic N) is 1. The maximum absolute atomic E-state index is 6.12. The van der Waals surface area contributed by atoms with Gasteiger partial charge in [-0.3, -0.25) is 0 Å². The van der Waals surface area contributed by atoms with Crippen LogP contribution in [0, 0.1) is 13.8 Å². The van der Waals surface area contributed by atoms with Crippen molar-refractivity contribution in [3.05, 3.63) is 38.5 Å². The van der Waals surface area contributed by atoms with E-state index in [1.54, 1.807) is 11.3 Å². The van der Waals surface area contributed by atoms with Crippen molar-refractivity contribution < 1.29 is 0 Å². The summed E-state index contributed by atoms with van der Waals surface area (Å²) < 4.78 is 4.24. The average molecular weight is 224 g/mol. The molecule has 0 saturated carbocycles. The second-order valence-electron chi connectivity index (χ2n) is 3.34. The smallest absolute Gasteiger partial charge is 0.0670 e. The van der Waals surface area contributed by atoms with E-state index in [2.05, 4.69) is 28.8 Å². The minimum atomic E-state index is -0.00819. The van der Waals surface area contributed by atoms with E-state index in [-0.39, 0.29) is 6.04 Å². The highest BCUT2D eigenvalue weighted by atomic mass is 32.1. The lowest BCUT2D eigenvalue weighted by atomic mass is 10.1. The van der Waals surface area contributed by atoms with E-state index in [1.165, 1.54) is 22.0 Å². The van der Waals surface area contributed by atoms with Crippen LogP contribution in [0.5, 0.6) is 0 Å². The van der Waals surface area contributed by atoms with Crippen molar-refractivity contribution in [1.82, 2.24) is 4.37 Å². The van der Waals surface area contributed by atoms with Gasteiger partial charge in [-0.25, -0.2) is 0 Å². The number of thiophene rings is 1. The van der Waals surface area contributed by atoms with Gasteiger partial charge in [0.2, 0.25) is 0 Å². The van der Waals surface area contributed by atoms with Crippen molar-refractivity contribution in [3.63, 3.8) is 0 Å². The van der Waals surface area contributed by atoms with Crippen LogP contribution in [0.4, 0.5) is 0 Å². The molecule has 0 aliphatic heterocycles. The summed E-state index contributed by atoms with van der Waals surface area (Å²) in [4.78, 5) is 2.44. The van der Waals surface area contributed by atoms with Crippen LogP contribution in [-0.4, -0.2) is 4.37 Å². The van der Waals surface area contributed by atoms with Crippen LogP contribution in [0.3, 0.4) is 0 Å². The summed E-state index contributed by atoms with van der Waals surface area (Å²) in [6.07, 6.45) is 0. The summed E-state index contributed by atoms with van der Waals surface area (Å²) in [5, 5.41) is 2.12. The zero-order valence-electron chi connectivity index (χ0n) is 8.15. The van der Waals surface area contributed by atoms with E-state index < -0.39 is 0 Å². The highest BCUT2D eigenvalue weighted by molar-refractivity contribution is 7.10. The molecule has 1 unspecified atom stereocenters. The zero-order chi connectivity index (χ0) is 10.1. The molecule has 1 atom stereocenters. The minimum Gasteiger partial charge on any atom is -0.320 e. The maximum atomic E-state index is 6.12. The molecule has 2 rings (SSSR count). The van der Waals surface area contributed by atoms with Gasteiger partial charge in [0.15, 0.2) is 0 Å². The van der Waals surface area contributed by atoms with E-state index in [4.69, 9.17) is 5.73 Å². The predicted octanol–water partition coefficient (Wildman–Crippen LogP) is 2.87. The topological polar surface area (TPSA) is 38.9 Å². The SMILES string of the molecule is Cc1cc(C(N)c2csc(C)c2)sn1. The van der Waals surface area contributed by atoms with E-state index in [0.29, 0.717) is 0 Å². The highest BCUT2D eigenvalue weighted by Gasteiger charge is 2.12. The minimum absolute atomic E-state index is 0.00819. The van der Waals surface area contributed by atoms with Gasteiger partial charge in [0, 0.05) is 9.75 Å². The molecule has 14 heavy (non-hydrogen) atoms. The van der Waals surface area contributed by atoms with Crippen LogP contribution < -0.4 is 5.73 Å². The average Bonchev–Trinajstić information content (AvgIpc) is 2.73. The van der Waals surface area contributed by atoms with Gasteiger partial charge in [0.1, 0.15) is 0 Å². The third-order valence-corrected chi connectivity index (χ3v) is 3.90. The first kappa shape index (κ1) is 9.83. The van der Waals surface area contributed by atoms with Crippen LogP contribution >= 0.6 is 22.9 Å². The first-order valence-electron chi connectivity index (χ1n) is 4.40. The molecule has 0 amide bonds. The van der Waals surface area contributed by atoms with Crippen molar-refractivity contribution in [2.45, 2.75) is 19.9 Å². The fourth-order valence-corrected chi connectivity index (χ4v) is 2.84. The van der Waals surface area contributed by atoms with Gasteiger partial charge in [0.05, 0.1) is 11.7 Å². The lowest BCUT2D eigenvalue weighted by Gasteiger charge is -2.05. The van der Waals surface area contributed by atoms with Crippen LogP contribution in [0.1, 0.15) is 27.1 Å². The molecule has 2 aromatic heterocycles. The van der Waals surface area contributed by atoms with Crippen molar-refractivity contribution in [1.29, 1.82) is 0 Å². The molecule has 0 bridgehead atoms. The first-order valence-corrected chi connectivity index (χ1v) is 6.06. The van der Waals surface area contributed by atoms with E-state index >= 15 is 0 Å². The molecule has 4 heteroatoms. The van der Waals surface area contributed by atoms with Gasteiger partial charge in [-0.1, -0.05) is 0 Å². The Balaban J connectivity index is 2.28. The second-order valence-corrected chi connectivity index (χ2v) is 5.29. The molecule has 2 heterocycles. The molecule has 0 radical (unpaired) electrons. The molecule has 0 aliphatic rings. The van der Waals surface area contributed by atoms with Gasteiger partial charge in [0.25, 0.3) is 0 Å². The quantitative estimate of drug-likeness (QED) is 0.852. The van der Waals surface area contributed by atoms with Crippen molar-refractivity contribution >= 4 is 22.9 Å². The van der Waals surface area contributed by atoms with Gasteiger partial charge in [-0.2, -0.15) is 4.37 Å². The number of aryl methyl sites for hydroxylation is 2. The summed E-state index contributed by atoms with van der Waals surface area (Å²) in [6.45, 7) is 4.09. The van der Waals surface area contributed by atoms with Gasteiger partial charge in [-0.15, -0.1) is 11.3 Å². The van der Waals surface area contributed by atoms with Crippen LogP contribution in [0.25, 0.3) is 0 Å². The zero-order valence-corrected chi connectivity index (χ0v) is 9.78. The molecule has 0 spiro atoms. The predicted molar refractivity (Wildman–Crippen MR) is 61.9 cm³/mol. The van der Waals surface area contributed by atoms with Crippen LogP contribution in [-0.2, 0) is 0 Å². The molecule has 0 aromatic carbocycles. The maximum Gasteiger partial charge on any atom is 0.0670 e. The second kappa shape index (κ2) is 3.81. The summed E-state index contributed by atoms with van der Waals surface area (Å²) in [6, 6.07) is 4.19. The van der Waals surface area contributed by atoms with E-state index in [0.717, 1.165) is 10.6 Å². The van der Waals surface area contributed by atoms with Crippen molar-refractivity contribution in [3.8, 4) is 0 Å². The molecule has 0 aliphatic carbocycles. The summed E-state index contributed by atoms with van der Waals surface area (Å²) >= 11 is 3.23. The molecule has 2 nitrogen and oxygen atoms in total. The fourth-order valence-electron chi connectivity index (χ4n) is 1.32. The third-order valence-electron chi connectivity index (χ3n) is 2.06. The molecule has 2 N–H and O–H groups in total. The molecular weight excluding hydrogens is 212 g/mol. The highest BCUT2D eigenvalue weighted by Crippen LogP contribution is 2.26. The van der Waals surface area contributed by atoms with E-state index in [9.17, 15) is 0 Å². The third kappa shape index (κ3) is 1.87. The molecule has 2 aromatic rings. The Morgan fingerprint density at radius 3 is 2.64 bits per heavy atom. The number of hydrogen-bond donors (Lipinski definition) is 1. The number of rotatable bonds is 2. The Hall–Kier alpha value is -0.710. The molecular formula is C10H12N2S2. The van der Waals surface area contributed by atoms with Gasteiger partial charge < -0.3 is 5.73 Å². The normalized spacial score (nSPS) is 13.1. The monoisotopic (exact) mass is 224 g/mol. The fraction of sp³-hybridized carbons (Fsp3) is 0.300. The van der Waals surface area contributed by atoms with Crippen LogP contribution in [0.15, 0.2) is 17.5 Å².